The second-order valence-electron chi connectivity index (χ2n) is 7.19. The van der Waals surface area contributed by atoms with E-state index in [0.717, 1.165) is 38.5 Å². The van der Waals surface area contributed by atoms with Gasteiger partial charge in [-0.2, -0.15) is 0 Å². The first-order valence-corrected chi connectivity index (χ1v) is 9.28. The number of nitrogens with one attached hydrogen (secondary N) is 2. The van der Waals surface area contributed by atoms with E-state index < -0.39 is 6.04 Å². The summed E-state index contributed by atoms with van der Waals surface area (Å²) in [7, 11) is 1.68. The summed E-state index contributed by atoms with van der Waals surface area (Å²) in [5, 5.41) is 2.87. The smallest absolute Gasteiger partial charge is 0.322 e. The summed E-state index contributed by atoms with van der Waals surface area (Å²) in [6.07, 6.45) is 0. The Morgan fingerprint density at radius 2 is 1.93 bits per heavy atom. The molecule has 144 valence electrons. The van der Waals surface area contributed by atoms with Crippen molar-refractivity contribution in [3.8, 4) is 0 Å². The molecule has 3 heterocycles. The Morgan fingerprint density at radius 1 is 1.22 bits per heavy atom. The molecule has 1 aromatic rings. The summed E-state index contributed by atoms with van der Waals surface area (Å²) >= 11 is 0. The lowest BCUT2D eigenvalue weighted by atomic mass is 9.96. The molecule has 0 saturated carbocycles. The van der Waals surface area contributed by atoms with Crippen LogP contribution in [0.2, 0.25) is 0 Å². The van der Waals surface area contributed by atoms with Gasteiger partial charge in [-0.3, -0.25) is 9.69 Å². The van der Waals surface area contributed by atoms with Crippen LogP contribution >= 0.6 is 0 Å². The van der Waals surface area contributed by atoms with E-state index >= 15 is 0 Å². The number of rotatable bonds is 4. The molecular formula is C19H24FN4O3+. The molecule has 3 aliphatic heterocycles. The highest BCUT2D eigenvalue weighted by Gasteiger charge is 2.43. The average Bonchev–Trinajstić information content (AvgIpc) is 3.01. The third-order valence-electron chi connectivity index (χ3n) is 5.57. The standard InChI is InChI=1S/C19H23FN4O3/c1-22-15-12-24(7-6-23-8-10-27-11-9-23)18(25)16(15)17(21-19(22)26)13-2-4-14(20)5-3-13/h2-5,17H,6-12H2,1H3,(H,21,26)/p+1/t17-/m1/s1. The van der Waals surface area contributed by atoms with Crippen molar-refractivity contribution in [2.45, 2.75) is 6.04 Å². The van der Waals surface area contributed by atoms with Gasteiger partial charge in [-0.1, -0.05) is 12.1 Å². The maximum Gasteiger partial charge on any atom is 0.322 e. The normalized spacial score (nSPS) is 23.7. The van der Waals surface area contributed by atoms with Crippen molar-refractivity contribution >= 4 is 11.9 Å². The van der Waals surface area contributed by atoms with E-state index in [2.05, 4.69) is 5.32 Å². The van der Waals surface area contributed by atoms with Gasteiger partial charge in [-0.25, -0.2) is 9.18 Å². The predicted octanol–water partition coefficient (Wildman–Crippen LogP) is -0.467. The number of morpholine rings is 1. The molecule has 1 fully saturated rings. The van der Waals surface area contributed by atoms with Gasteiger partial charge in [-0.15, -0.1) is 0 Å². The zero-order valence-corrected chi connectivity index (χ0v) is 15.3. The minimum atomic E-state index is -0.544. The lowest BCUT2D eigenvalue weighted by Crippen LogP contribution is -3.14. The van der Waals surface area contributed by atoms with Crippen LogP contribution in [-0.2, 0) is 9.53 Å². The summed E-state index contributed by atoms with van der Waals surface area (Å²) in [6.45, 7) is 5.35. The molecule has 0 radical (unpaired) electrons. The minimum absolute atomic E-state index is 0.0566. The summed E-state index contributed by atoms with van der Waals surface area (Å²) in [5.74, 6) is -0.404. The number of benzene rings is 1. The van der Waals surface area contributed by atoms with E-state index in [-0.39, 0.29) is 17.8 Å². The Bertz CT molecular complexity index is 774. The SMILES string of the molecule is CN1C(=O)N[C@H](c2ccc(F)cc2)C2=C1CN(CC[NH+]1CCOCC1)C2=O. The Labute approximate surface area is 157 Å². The van der Waals surface area contributed by atoms with E-state index in [9.17, 15) is 14.0 Å². The monoisotopic (exact) mass is 375 g/mol. The fourth-order valence-electron chi connectivity index (χ4n) is 3.91. The minimum Gasteiger partial charge on any atom is -0.370 e. The molecule has 0 aliphatic carbocycles. The number of hydrogen-bond acceptors (Lipinski definition) is 3. The lowest BCUT2D eigenvalue weighted by Gasteiger charge is -2.31. The van der Waals surface area contributed by atoms with Crippen LogP contribution in [0.3, 0.4) is 0 Å². The van der Waals surface area contributed by atoms with Gasteiger partial charge in [0.2, 0.25) is 0 Å². The number of halogens is 1. The summed E-state index contributed by atoms with van der Waals surface area (Å²) in [5.41, 5.74) is 2.02. The maximum atomic E-state index is 13.3. The molecular weight excluding hydrogens is 351 g/mol. The van der Waals surface area contributed by atoms with E-state index in [1.807, 2.05) is 0 Å². The topological polar surface area (TPSA) is 66.3 Å². The van der Waals surface area contributed by atoms with E-state index in [4.69, 9.17) is 4.74 Å². The van der Waals surface area contributed by atoms with Gasteiger partial charge in [0, 0.05) is 7.05 Å². The molecule has 4 rings (SSSR count). The number of carbonyl (C=O) groups is 2. The molecule has 8 heteroatoms. The number of quaternary nitrogens is 1. The molecule has 1 aromatic carbocycles. The Hall–Kier alpha value is -2.45. The fraction of sp³-hybridized carbons (Fsp3) is 0.474. The van der Waals surface area contributed by atoms with Crippen molar-refractivity contribution in [1.82, 2.24) is 15.1 Å². The molecule has 0 spiro atoms. The predicted molar refractivity (Wildman–Crippen MR) is 95.4 cm³/mol. The summed E-state index contributed by atoms with van der Waals surface area (Å²) < 4.78 is 18.7. The highest BCUT2D eigenvalue weighted by atomic mass is 19.1. The number of hydrogen-bond donors (Lipinski definition) is 2. The maximum absolute atomic E-state index is 13.3. The van der Waals surface area contributed by atoms with Crippen LogP contribution < -0.4 is 10.2 Å². The highest BCUT2D eigenvalue weighted by Crippen LogP contribution is 2.35. The van der Waals surface area contributed by atoms with Gasteiger partial charge in [0.15, 0.2) is 0 Å². The van der Waals surface area contributed by atoms with Crippen molar-refractivity contribution in [1.29, 1.82) is 0 Å². The van der Waals surface area contributed by atoms with E-state index in [0.29, 0.717) is 24.2 Å². The third-order valence-corrected chi connectivity index (χ3v) is 5.57. The second kappa shape index (κ2) is 7.28. The van der Waals surface area contributed by atoms with Gasteiger partial charge in [0.1, 0.15) is 18.9 Å². The molecule has 3 amide bonds. The average molecular weight is 375 g/mol. The molecule has 1 saturated heterocycles. The van der Waals surface area contributed by atoms with Crippen LogP contribution in [0.1, 0.15) is 11.6 Å². The number of nitrogens with zero attached hydrogens (tertiary/aromatic N) is 2. The number of carbonyl (C=O) groups excluding carboxylic acids is 2. The van der Waals surface area contributed by atoms with Crippen LogP contribution in [0, 0.1) is 5.82 Å². The van der Waals surface area contributed by atoms with Gasteiger partial charge >= 0.3 is 6.03 Å². The fourth-order valence-corrected chi connectivity index (χ4v) is 3.91. The quantitative estimate of drug-likeness (QED) is 0.748. The first-order chi connectivity index (χ1) is 13.0. The molecule has 0 bridgehead atoms. The van der Waals surface area contributed by atoms with Crippen molar-refractivity contribution in [3.05, 3.63) is 46.9 Å². The lowest BCUT2D eigenvalue weighted by molar-refractivity contribution is -0.907. The number of amides is 3. The molecule has 0 aromatic heterocycles. The van der Waals surface area contributed by atoms with Crippen molar-refractivity contribution < 1.29 is 23.6 Å². The van der Waals surface area contributed by atoms with Crippen LogP contribution in [-0.4, -0.2) is 74.7 Å². The van der Waals surface area contributed by atoms with Gasteiger partial charge < -0.3 is 19.9 Å². The zero-order chi connectivity index (χ0) is 19.0. The van der Waals surface area contributed by atoms with Crippen LogP contribution in [0.25, 0.3) is 0 Å². The van der Waals surface area contributed by atoms with E-state index in [1.54, 1.807) is 24.1 Å². The molecule has 3 aliphatic rings. The Balaban J connectivity index is 1.53. The van der Waals surface area contributed by atoms with E-state index in [1.165, 1.54) is 21.9 Å². The van der Waals surface area contributed by atoms with Gasteiger partial charge in [-0.05, 0) is 17.7 Å². The second-order valence-corrected chi connectivity index (χ2v) is 7.19. The Kier molecular flexibility index (Phi) is 4.84. The van der Waals surface area contributed by atoms with Crippen molar-refractivity contribution in [2.75, 3.05) is 53.0 Å². The first-order valence-electron chi connectivity index (χ1n) is 9.28. The first kappa shape index (κ1) is 17.9. The summed E-state index contributed by atoms with van der Waals surface area (Å²) in [6, 6.07) is 5.13. The van der Waals surface area contributed by atoms with Crippen LogP contribution in [0.15, 0.2) is 35.5 Å². The zero-order valence-electron chi connectivity index (χ0n) is 15.3. The third kappa shape index (κ3) is 3.42. The molecule has 7 nitrogen and oxygen atoms in total. The molecule has 0 unspecified atom stereocenters. The number of ether oxygens (including phenoxy) is 1. The molecule has 1 atom stereocenters. The highest BCUT2D eigenvalue weighted by molar-refractivity contribution is 6.01. The summed E-state index contributed by atoms with van der Waals surface area (Å²) in [4.78, 5) is 30.2. The number of likely N-dealkylation sites (N-methyl/N-ethyl adjacent to an activating group) is 1. The van der Waals surface area contributed by atoms with Crippen LogP contribution in [0.4, 0.5) is 9.18 Å². The largest absolute Gasteiger partial charge is 0.370 e. The van der Waals surface area contributed by atoms with Crippen LogP contribution in [0.5, 0.6) is 0 Å². The Morgan fingerprint density at radius 3 is 2.63 bits per heavy atom. The molecule has 2 N–H and O–H groups in total. The van der Waals surface area contributed by atoms with Gasteiger partial charge in [0.25, 0.3) is 5.91 Å². The molecule has 27 heavy (non-hydrogen) atoms. The van der Waals surface area contributed by atoms with Gasteiger partial charge in [0.05, 0.1) is 50.2 Å². The number of urea groups is 1. The van der Waals surface area contributed by atoms with Crippen molar-refractivity contribution in [3.63, 3.8) is 0 Å². The van der Waals surface area contributed by atoms with Crippen molar-refractivity contribution in [2.24, 2.45) is 0 Å².